The molecule has 0 fully saturated rings. The molecule has 1 aromatic rings. The van der Waals surface area contributed by atoms with Crippen LogP contribution in [-0.2, 0) is 6.54 Å². The summed E-state index contributed by atoms with van der Waals surface area (Å²) in [6.07, 6.45) is 2.39. The van der Waals surface area contributed by atoms with E-state index in [2.05, 4.69) is 39.9 Å². The molecule has 15 heavy (non-hydrogen) atoms. The second kappa shape index (κ2) is 5.39. The van der Waals surface area contributed by atoms with Crippen LogP contribution in [0.5, 0.6) is 0 Å². The van der Waals surface area contributed by atoms with E-state index in [-0.39, 0.29) is 0 Å². The maximum absolute atomic E-state index is 4.43. The van der Waals surface area contributed by atoms with Gasteiger partial charge in [0.1, 0.15) is 0 Å². The number of aliphatic imine (C=N–C) groups is 1. The standard InChI is InChI=1S/C12H17N3/c1-2-6-11(7-3-1)10-15-12-13-8-4-5-9-14-12/h1-3,6-7H,4-5,8-10H2,(H2,13,14,15). The summed E-state index contributed by atoms with van der Waals surface area (Å²) in [6.45, 7) is 2.80. The van der Waals surface area contributed by atoms with E-state index in [4.69, 9.17) is 0 Å². The number of rotatable bonds is 2. The first kappa shape index (κ1) is 10.0. The molecule has 0 aromatic heterocycles. The first-order valence-electron chi connectivity index (χ1n) is 5.51. The molecule has 80 valence electrons. The molecule has 0 radical (unpaired) electrons. The minimum absolute atomic E-state index is 0.840. The summed E-state index contributed by atoms with van der Waals surface area (Å²) in [4.78, 5) is 4.43. The summed E-state index contributed by atoms with van der Waals surface area (Å²) >= 11 is 0. The number of nitrogens with one attached hydrogen (secondary N) is 2. The summed E-state index contributed by atoms with van der Waals surface area (Å²) in [5.41, 5.74) is 1.28. The van der Waals surface area contributed by atoms with Crippen molar-refractivity contribution in [2.45, 2.75) is 19.4 Å². The number of guanidine groups is 1. The Morgan fingerprint density at radius 3 is 2.93 bits per heavy atom. The summed E-state index contributed by atoms with van der Waals surface area (Å²) in [7, 11) is 0. The lowest BCUT2D eigenvalue weighted by Crippen LogP contribution is -2.36. The normalized spacial score (nSPS) is 16.1. The van der Waals surface area contributed by atoms with E-state index >= 15 is 0 Å². The Bertz CT molecular complexity index is 319. The fourth-order valence-electron chi connectivity index (χ4n) is 1.59. The molecule has 0 aliphatic carbocycles. The predicted molar refractivity (Wildman–Crippen MR) is 62.8 cm³/mol. The smallest absolute Gasteiger partial charge is 0.191 e. The van der Waals surface area contributed by atoms with Crippen LogP contribution in [0.2, 0.25) is 0 Å². The molecule has 2 N–H and O–H groups in total. The third-order valence-corrected chi connectivity index (χ3v) is 2.45. The van der Waals surface area contributed by atoms with Gasteiger partial charge < -0.3 is 10.6 Å². The Hall–Kier alpha value is -1.51. The van der Waals surface area contributed by atoms with E-state index in [1.165, 1.54) is 18.4 Å². The van der Waals surface area contributed by atoms with Crippen molar-refractivity contribution < 1.29 is 0 Å². The van der Waals surface area contributed by atoms with E-state index in [9.17, 15) is 0 Å². The lowest BCUT2D eigenvalue weighted by molar-refractivity contribution is 0.742. The van der Waals surface area contributed by atoms with Crippen molar-refractivity contribution in [3.63, 3.8) is 0 Å². The van der Waals surface area contributed by atoms with E-state index in [0.29, 0.717) is 0 Å². The molecule has 3 heteroatoms. The van der Waals surface area contributed by atoms with Gasteiger partial charge in [-0.2, -0.15) is 0 Å². The van der Waals surface area contributed by atoms with Crippen LogP contribution in [0.4, 0.5) is 0 Å². The Kier molecular flexibility index (Phi) is 3.60. The zero-order valence-electron chi connectivity index (χ0n) is 8.87. The zero-order valence-corrected chi connectivity index (χ0v) is 8.87. The van der Waals surface area contributed by atoms with E-state index in [0.717, 1.165) is 25.6 Å². The van der Waals surface area contributed by atoms with Crippen LogP contribution < -0.4 is 10.6 Å². The van der Waals surface area contributed by atoms with Crippen LogP contribution in [-0.4, -0.2) is 19.0 Å². The summed E-state index contributed by atoms with van der Waals surface area (Å²) in [6, 6.07) is 10.4. The molecule has 0 bridgehead atoms. The molecule has 1 aliphatic heterocycles. The highest BCUT2D eigenvalue weighted by atomic mass is 15.2. The minimum atomic E-state index is 0.840. The molecular formula is C12H17N3. The van der Waals surface area contributed by atoms with Crippen LogP contribution in [0.1, 0.15) is 18.4 Å². The highest BCUT2D eigenvalue weighted by Gasteiger charge is 2.01. The van der Waals surface area contributed by atoms with Gasteiger partial charge in [0.2, 0.25) is 0 Å². The van der Waals surface area contributed by atoms with Gasteiger partial charge in [0.05, 0.1) is 0 Å². The monoisotopic (exact) mass is 203 g/mol. The highest BCUT2D eigenvalue weighted by Crippen LogP contribution is 1.98. The molecule has 0 atom stereocenters. The molecule has 0 amide bonds. The molecule has 0 saturated carbocycles. The predicted octanol–water partition coefficient (Wildman–Crippen LogP) is 1.52. The summed E-state index contributed by atoms with van der Waals surface area (Å²) in [5, 5.41) is 6.61. The first-order chi connectivity index (χ1) is 7.45. The molecule has 1 aromatic carbocycles. The van der Waals surface area contributed by atoms with Crippen LogP contribution in [0, 0.1) is 0 Å². The Morgan fingerprint density at radius 2 is 2.07 bits per heavy atom. The van der Waals surface area contributed by atoms with Gasteiger partial charge in [-0.1, -0.05) is 30.3 Å². The zero-order chi connectivity index (χ0) is 10.3. The van der Waals surface area contributed by atoms with Crippen molar-refractivity contribution in [3.8, 4) is 0 Å². The van der Waals surface area contributed by atoms with Crippen molar-refractivity contribution in [2.75, 3.05) is 13.1 Å². The highest BCUT2D eigenvalue weighted by molar-refractivity contribution is 5.79. The van der Waals surface area contributed by atoms with Gasteiger partial charge in [-0.3, -0.25) is 4.99 Å². The molecule has 0 unspecified atom stereocenters. The van der Waals surface area contributed by atoms with Crippen LogP contribution in [0.3, 0.4) is 0 Å². The molecule has 2 rings (SSSR count). The number of hydrogen-bond donors (Lipinski definition) is 2. The first-order valence-corrected chi connectivity index (χ1v) is 5.51. The van der Waals surface area contributed by atoms with Crippen LogP contribution in [0.15, 0.2) is 35.3 Å². The van der Waals surface area contributed by atoms with Gasteiger partial charge in [-0.05, 0) is 18.4 Å². The topological polar surface area (TPSA) is 36.4 Å². The number of hydrogen-bond acceptors (Lipinski definition) is 3. The molecular weight excluding hydrogens is 186 g/mol. The van der Waals surface area contributed by atoms with Crippen LogP contribution in [0.25, 0.3) is 0 Å². The average Bonchev–Trinajstić information content (AvgIpc) is 2.56. The van der Waals surface area contributed by atoms with Crippen molar-refractivity contribution in [1.82, 2.24) is 10.6 Å². The molecule has 0 spiro atoms. The van der Waals surface area contributed by atoms with Gasteiger partial charge in [0.15, 0.2) is 5.96 Å². The van der Waals surface area contributed by atoms with Crippen LogP contribution >= 0.6 is 0 Å². The third kappa shape index (κ3) is 3.27. The fourth-order valence-corrected chi connectivity index (χ4v) is 1.59. The van der Waals surface area contributed by atoms with E-state index < -0.39 is 0 Å². The van der Waals surface area contributed by atoms with Crippen molar-refractivity contribution in [1.29, 1.82) is 0 Å². The second-order valence-electron chi connectivity index (χ2n) is 3.70. The number of nitrogens with zero attached hydrogens (tertiary/aromatic N) is 1. The molecule has 0 saturated heterocycles. The Labute approximate surface area is 90.6 Å². The van der Waals surface area contributed by atoms with Gasteiger partial charge in [0.25, 0.3) is 0 Å². The van der Waals surface area contributed by atoms with Crippen molar-refractivity contribution in [2.24, 2.45) is 4.99 Å². The molecule has 3 nitrogen and oxygen atoms in total. The summed E-state index contributed by atoms with van der Waals surface area (Å²) < 4.78 is 0. The van der Waals surface area contributed by atoms with Gasteiger partial charge in [0, 0.05) is 19.6 Å². The third-order valence-electron chi connectivity index (χ3n) is 2.45. The maximum Gasteiger partial charge on any atom is 0.191 e. The fraction of sp³-hybridized carbons (Fsp3) is 0.417. The Balaban J connectivity index is 1.84. The quantitative estimate of drug-likeness (QED) is 0.764. The Morgan fingerprint density at radius 1 is 1.20 bits per heavy atom. The largest absolute Gasteiger partial charge is 0.356 e. The maximum atomic E-state index is 4.43. The molecule has 1 aliphatic rings. The SMILES string of the molecule is c1ccc(CNC2=NCCCCN2)cc1. The van der Waals surface area contributed by atoms with Gasteiger partial charge in [-0.25, -0.2) is 0 Å². The lowest BCUT2D eigenvalue weighted by Gasteiger charge is -2.09. The minimum Gasteiger partial charge on any atom is -0.356 e. The van der Waals surface area contributed by atoms with E-state index in [1.54, 1.807) is 0 Å². The van der Waals surface area contributed by atoms with Crippen molar-refractivity contribution in [3.05, 3.63) is 35.9 Å². The number of benzene rings is 1. The summed E-state index contributed by atoms with van der Waals surface area (Å²) in [5.74, 6) is 0.941. The van der Waals surface area contributed by atoms with Gasteiger partial charge >= 0.3 is 0 Å². The van der Waals surface area contributed by atoms with E-state index in [1.807, 2.05) is 6.07 Å². The van der Waals surface area contributed by atoms with Crippen molar-refractivity contribution >= 4 is 5.96 Å². The molecule has 1 heterocycles. The lowest BCUT2D eigenvalue weighted by atomic mass is 10.2. The van der Waals surface area contributed by atoms with Gasteiger partial charge in [-0.15, -0.1) is 0 Å². The average molecular weight is 203 g/mol. The second-order valence-corrected chi connectivity index (χ2v) is 3.70.